The predicted octanol–water partition coefficient (Wildman–Crippen LogP) is 4.55. The summed E-state index contributed by atoms with van der Waals surface area (Å²) >= 11 is 0. The van der Waals surface area contributed by atoms with Gasteiger partial charge in [-0.2, -0.15) is 0 Å². The first kappa shape index (κ1) is 18.4. The van der Waals surface area contributed by atoms with Crippen molar-refractivity contribution in [3.63, 3.8) is 0 Å². The molecule has 1 aliphatic rings. The highest BCUT2D eigenvalue weighted by Gasteiger charge is 2.27. The highest BCUT2D eigenvalue weighted by molar-refractivity contribution is 6.88. The molecule has 1 N–H and O–H groups in total. The summed E-state index contributed by atoms with van der Waals surface area (Å²) < 4.78 is 6.41. The topological polar surface area (TPSA) is 21.3 Å². The Hall–Kier alpha value is -1.42. The van der Waals surface area contributed by atoms with Gasteiger partial charge in [-0.25, -0.2) is 0 Å². The van der Waals surface area contributed by atoms with Crippen molar-refractivity contribution in [3.05, 3.63) is 65.2 Å². The summed E-state index contributed by atoms with van der Waals surface area (Å²) in [5.41, 5.74) is 3.99. The van der Waals surface area contributed by atoms with Gasteiger partial charge in [-0.15, -0.1) is 0 Å². The number of hydrogen-bond donors (Lipinski definition) is 1. The van der Waals surface area contributed by atoms with E-state index in [0.29, 0.717) is 12.6 Å². The summed E-state index contributed by atoms with van der Waals surface area (Å²) in [6.45, 7) is 11.2. The second-order valence-corrected chi connectivity index (χ2v) is 13.4. The van der Waals surface area contributed by atoms with E-state index < -0.39 is 8.07 Å². The Balaban J connectivity index is 1.72. The van der Waals surface area contributed by atoms with Crippen LogP contribution < -0.4 is 10.5 Å². The van der Waals surface area contributed by atoms with Gasteiger partial charge in [0.25, 0.3) is 0 Å². The fourth-order valence-electron chi connectivity index (χ4n) is 3.61. The van der Waals surface area contributed by atoms with Gasteiger partial charge in [-0.3, -0.25) is 0 Å². The summed E-state index contributed by atoms with van der Waals surface area (Å²) in [4.78, 5) is 0. The van der Waals surface area contributed by atoms with Crippen molar-refractivity contribution in [1.29, 1.82) is 0 Å². The molecule has 0 radical (unpaired) electrons. The normalized spacial score (nSPS) is 21.3. The molecule has 134 valence electrons. The molecule has 0 unspecified atom stereocenters. The molecule has 1 saturated heterocycles. The number of nitrogens with one attached hydrogen (secondary N) is 1. The molecule has 2 nitrogen and oxygen atoms in total. The largest absolute Gasteiger partial charge is 0.372 e. The van der Waals surface area contributed by atoms with Gasteiger partial charge in [0.15, 0.2) is 0 Å². The molecule has 0 spiro atoms. The lowest BCUT2D eigenvalue weighted by Gasteiger charge is -2.33. The van der Waals surface area contributed by atoms with Crippen LogP contribution in [0.3, 0.4) is 0 Å². The third-order valence-electron chi connectivity index (χ3n) is 5.03. The molecule has 2 aromatic carbocycles. The van der Waals surface area contributed by atoms with E-state index >= 15 is 0 Å². The molecule has 0 aliphatic carbocycles. The van der Waals surface area contributed by atoms with E-state index in [1.165, 1.54) is 28.3 Å². The Bertz CT molecular complexity index is 693. The van der Waals surface area contributed by atoms with Crippen LogP contribution in [0.1, 0.15) is 35.6 Å². The zero-order valence-corrected chi connectivity index (χ0v) is 17.0. The maximum absolute atomic E-state index is 6.41. The fourth-order valence-corrected chi connectivity index (χ4v) is 4.89. The van der Waals surface area contributed by atoms with Gasteiger partial charge in [0.05, 0.1) is 26.8 Å². The van der Waals surface area contributed by atoms with Crippen molar-refractivity contribution in [1.82, 2.24) is 5.32 Å². The van der Waals surface area contributed by atoms with Gasteiger partial charge >= 0.3 is 0 Å². The Kier molecular flexibility index (Phi) is 5.77. The third-order valence-corrected chi connectivity index (χ3v) is 7.05. The highest BCUT2D eigenvalue weighted by Crippen LogP contribution is 2.27. The minimum absolute atomic E-state index is 0.243. The molecule has 0 aromatic heterocycles. The summed E-state index contributed by atoms with van der Waals surface area (Å²) in [6.07, 6.45) is 2.55. The van der Waals surface area contributed by atoms with Crippen molar-refractivity contribution < 1.29 is 4.74 Å². The maximum Gasteiger partial charge on any atom is 0.0776 e. The average Bonchev–Trinajstić information content (AvgIpc) is 2.60. The van der Waals surface area contributed by atoms with Crippen molar-refractivity contribution in [2.75, 3.05) is 6.54 Å². The molecular formula is C22H31NOSi. The van der Waals surface area contributed by atoms with E-state index in [0.717, 1.165) is 13.0 Å². The van der Waals surface area contributed by atoms with E-state index in [2.05, 4.69) is 80.4 Å². The average molecular weight is 354 g/mol. The van der Waals surface area contributed by atoms with Crippen molar-refractivity contribution >= 4 is 13.3 Å². The zero-order valence-electron chi connectivity index (χ0n) is 16.0. The summed E-state index contributed by atoms with van der Waals surface area (Å²) in [5, 5.41) is 5.17. The minimum Gasteiger partial charge on any atom is -0.372 e. The Labute approximate surface area is 153 Å². The predicted molar refractivity (Wildman–Crippen MR) is 109 cm³/mol. The first-order valence-corrected chi connectivity index (χ1v) is 12.9. The SMILES string of the molecule is Cc1cc(CO[C@@H]2CCCN[C@@H]2c2ccccc2)cc([Si](C)(C)C)c1. The number of aryl methyl sites for hydroxylation is 1. The maximum atomic E-state index is 6.41. The van der Waals surface area contributed by atoms with E-state index in [1.54, 1.807) is 0 Å². The summed E-state index contributed by atoms with van der Waals surface area (Å²) in [6, 6.07) is 18.0. The van der Waals surface area contributed by atoms with Gasteiger partial charge in [-0.05, 0) is 37.4 Å². The molecule has 25 heavy (non-hydrogen) atoms. The van der Waals surface area contributed by atoms with Crippen LogP contribution in [0.15, 0.2) is 48.5 Å². The summed E-state index contributed by atoms with van der Waals surface area (Å²) in [7, 11) is -1.30. The number of benzene rings is 2. The molecule has 0 amide bonds. The number of rotatable bonds is 5. The Morgan fingerprint density at radius 3 is 2.56 bits per heavy atom. The molecule has 2 atom stereocenters. The lowest BCUT2D eigenvalue weighted by molar-refractivity contribution is -0.00356. The van der Waals surface area contributed by atoms with E-state index in [-0.39, 0.29) is 6.10 Å². The van der Waals surface area contributed by atoms with Crippen LogP contribution in [0.25, 0.3) is 0 Å². The van der Waals surface area contributed by atoms with Gasteiger partial charge in [-0.1, -0.05) is 78.9 Å². The van der Waals surface area contributed by atoms with Crippen molar-refractivity contribution in [2.24, 2.45) is 0 Å². The molecular weight excluding hydrogens is 322 g/mol. The zero-order chi connectivity index (χ0) is 17.9. The van der Waals surface area contributed by atoms with Gasteiger partial charge in [0.2, 0.25) is 0 Å². The molecule has 2 aromatic rings. The van der Waals surface area contributed by atoms with Gasteiger partial charge < -0.3 is 10.1 Å². The van der Waals surface area contributed by atoms with E-state index in [4.69, 9.17) is 4.74 Å². The lowest BCUT2D eigenvalue weighted by Crippen LogP contribution is -2.39. The monoisotopic (exact) mass is 353 g/mol. The third kappa shape index (κ3) is 4.81. The highest BCUT2D eigenvalue weighted by atomic mass is 28.3. The van der Waals surface area contributed by atoms with Crippen LogP contribution in [0, 0.1) is 6.92 Å². The number of piperidine rings is 1. The van der Waals surface area contributed by atoms with Crippen molar-refractivity contribution in [3.8, 4) is 0 Å². The van der Waals surface area contributed by atoms with Crippen LogP contribution in [0.5, 0.6) is 0 Å². The number of ether oxygens (including phenoxy) is 1. The van der Waals surface area contributed by atoms with E-state index in [1.807, 2.05) is 0 Å². The standard InChI is InChI=1S/C22H31NOSi/c1-17-13-18(15-20(14-17)25(2,3)4)16-24-21-11-8-12-23-22(21)19-9-6-5-7-10-19/h5-7,9-10,13-15,21-23H,8,11-12,16H2,1-4H3/t21-,22-/m1/s1. The smallest absolute Gasteiger partial charge is 0.0776 e. The second kappa shape index (κ2) is 7.86. The van der Waals surface area contributed by atoms with E-state index in [9.17, 15) is 0 Å². The fraction of sp³-hybridized carbons (Fsp3) is 0.455. The van der Waals surface area contributed by atoms with Gasteiger partial charge in [0, 0.05) is 0 Å². The van der Waals surface area contributed by atoms with Crippen LogP contribution in [-0.2, 0) is 11.3 Å². The lowest BCUT2D eigenvalue weighted by atomic mass is 9.94. The first-order valence-electron chi connectivity index (χ1n) is 9.44. The van der Waals surface area contributed by atoms with Gasteiger partial charge in [0.1, 0.15) is 0 Å². The Morgan fingerprint density at radius 1 is 1.08 bits per heavy atom. The minimum atomic E-state index is -1.30. The molecule has 0 bridgehead atoms. The second-order valence-electron chi connectivity index (χ2n) is 8.29. The Morgan fingerprint density at radius 2 is 1.84 bits per heavy atom. The summed E-state index contributed by atoms with van der Waals surface area (Å²) in [5.74, 6) is 0. The molecule has 3 heteroatoms. The molecule has 1 aliphatic heterocycles. The van der Waals surface area contributed by atoms with Crippen LogP contribution >= 0.6 is 0 Å². The molecule has 3 rings (SSSR count). The first-order chi connectivity index (χ1) is 11.9. The van der Waals surface area contributed by atoms with Crippen LogP contribution in [0.2, 0.25) is 19.6 Å². The molecule has 0 saturated carbocycles. The van der Waals surface area contributed by atoms with Crippen molar-refractivity contribution in [2.45, 2.75) is 58.2 Å². The quantitative estimate of drug-likeness (QED) is 0.796. The molecule has 1 fully saturated rings. The number of hydrogen-bond acceptors (Lipinski definition) is 2. The molecule has 1 heterocycles. The van der Waals surface area contributed by atoms with Crippen LogP contribution in [0.4, 0.5) is 0 Å². The van der Waals surface area contributed by atoms with Crippen LogP contribution in [-0.4, -0.2) is 20.7 Å².